The standard InChI is InChI=1S/C17H18BrNO4/c18-14-6-4-13-10-15(7-5-12(13)9-14)22-11-16(20)19-23-17-3-1-2-8-21-17/h4-7,9-10,17H,1-3,8,11H2,(H,19,20). The minimum atomic E-state index is -0.355. The third kappa shape index (κ3) is 4.67. The summed E-state index contributed by atoms with van der Waals surface area (Å²) in [7, 11) is 0. The van der Waals surface area contributed by atoms with E-state index in [1.807, 2.05) is 36.4 Å². The molecular formula is C17H18BrNO4. The Balaban J connectivity index is 1.49. The molecule has 0 saturated carbocycles. The lowest BCUT2D eigenvalue weighted by Gasteiger charge is -2.22. The van der Waals surface area contributed by atoms with Crippen molar-refractivity contribution in [1.82, 2.24) is 5.48 Å². The van der Waals surface area contributed by atoms with Crippen LogP contribution < -0.4 is 10.2 Å². The maximum absolute atomic E-state index is 11.7. The fourth-order valence-corrected chi connectivity index (χ4v) is 2.78. The third-order valence-electron chi connectivity index (χ3n) is 3.59. The number of amides is 1. The molecule has 6 heteroatoms. The van der Waals surface area contributed by atoms with Gasteiger partial charge >= 0.3 is 0 Å². The molecule has 1 N–H and O–H groups in total. The van der Waals surface area contributed by atoms with Gasteiger partial charge in [-0.05, 0) is 47.9 Å². The topological polar surface area (TPSA) is 56.8 Å². The lowest BCUT2D eigenvalue weighted by Crippen LogP contribution is -2.35. The second kappa shape index (κ2) is 7.77. The summed E-state index contributed by atoms with van der Waals surface area (Å²) in [6, 6.07) is 11.7. The number of carbonyl (C=O) groups excluding carboxylic acids is 1. The Labute approximate surface area is 143 Å². The zero-order valence-corrected chi connectivity index (χ0v) is 14.2. The third-order valence-corrected chi connectivity index (χ3v) is 4.08. The molecule has 1 saturated heterocycles. The number of hydroxylamine groups is 1. The first-order valence-corrected chi connectivity index (χ1v) is 8.38. The molecule has 3 rings (SSSR count). The van der Waals surface area contributed by atoms with Crippen molar-refractivity contribution >= 4 is 32.6 Å². The van der Waals surface area contributed by atoms with E-state index >= 15 is 0 Å². The molecule has 2 aromatic carbocycles. The molecule has 2 aromatic rings. The van der Waals surface area contributed by atoms with E-state index < -0.39 is 0 Å². The molecule has 0 aromatic heterocycles. The Morgan fingerprint density at radius 3 is 2.87 bits per heavy atom. The van der Waals surface area contributed by atoms with Gasteiger partial charge in [-0.15, -0.1) is 0 Å². The van der Waals surface area contributed by atoms with Gasteiger partial charge in [0.05, 0.1) is 0 Å². The van der Waals surface area contributed by atoms with Crippen molar-refractivity contribution in [1.29, 1.82) is 0 Å². The van der Waals surface area contributed by atoms with E-state index in [0.29, 0.717) is 12.4 Å². The summed E-state index contributed by atoms with van der Waals surface area (Å²) in [5.41, 5.74) is 2.37. The van der Waals surface area contributed by atoms with Crippen LogP contribution in [0.1, 0.15) is 19.3 Å². The number of carbonyl (C=O) groups is 1. The van der Waals surface area contributed by atoms with Crippen LogP contribution in [0.5, 0.6) is 5.75 Å². The number of halogens is 1. The van der Waals surface area contributed by atoms with Gasteiger partial charge in [0.25, 0.3) is 5.91 Å². The van der Waals surface area contributed by atoms with Crippen LogP contribution in [0.15, 0.2) is 40.9 Å². The quantitative estimate of drug-likeness (QED) is 0.806. The molecule has 5 nitrogen and oxygen atoms in total. The molecule has 0 spiro atoms. The van der Waals surface area contributed by atoms with Gasteiger partial charge in [0.2, 0.25) is 0 Å². The van der Waals surface area contributed by atoms with Gasteiger partial charge in [0.15, 0.2) is 12.9 Å². The molecule has 1 amide bonds. The monoisotopic (exact) mass is 379 g/mol. The van der Waals surface area contributed by atoms with Crippen LogP contribution in [0.3, 0.4) is 0 Å². The van der Waals surface area contributed by atoms with E-state index in [1.54, 1.807) is 0 Å². The van der Waals surface area contributed by atoms with E-state index in [1.165, 1.54) is 0 Å². The summed E-state index contributed by atoms with van der Waals surface area (Å²) in [5.74, 6) is 0.305. The largest absolute Gasteiger partial charge is 0.484 e. The molecule has 1 unspecified atom stereocenters. The highest BCUT2D eigenvalue weighted by Gasteiger charge is 2.15. The molecule has 0 radical (unpaired) electrons. The number of hydrogen-bond donors (Lipinski definition) is 1. The highest BCUT2D eigenvalue weighted by molar-refractivity contribution is 9.10. The first-order chi connectivity index (χ1) is 11.2. The van der Waals surface area contributed by atoms with E-state index in [2.05, 4.69) is 21.4 Å². The molecule has 1 aliphatic rings. The van der Waals surface area contributed by atoms with Crippen LogP contribution in [-0.2, 0) is 14.4 Å². The molecule has 23 heavy (non-hydrogen) atoms. The Hall–Kier alpha value is -1.63. The van der Waals surface area contributed by atoms with E-state index in [0.717, 1.165) is 34.5 Å². The zero-order chi connectivity index (χ0) is 16.1. The van der Waals surface area contributed by atoms with Crippen LogP contribution in [0.4, 0.5) is 0 Å². The maximum atomic E-state index is 11.7. The highest BCUT2D eigenvalue weighted by Crippen LogP contribution is 2.24. The van der Waals surface area contributed by atoms with Crippen molar-refractivity contribution in [3.05, 3.63) is 40.9 Å². The number of nitrogens with one attached hydrogen (secondary N) is 1. The molecular weight excluding hydrogens is 362 g/mol. The van der Waals surface area contributed by atoms with Gasteiger partial charge in [0, 0.05) is 17.5 Å². The Morgan fingerprint density at radius 2 is 2.04 bits per heavy atom. The highest BCUT2D eigenvalue weighted by atomic mass is 79.9. The Kier molecular flexibility index (Phi) is 5.48. The Bertz CT molecular complexity index is 685. The fraction of sp³-hybridized carbons (Fsp3) is 0.353. The summed E-state index contributed by atoms with van der Waals surface area (Å²) < 4.78 is 11.9. The summed E-state index contributed by atoms with van der Waals surface area (Å²) in [4.78, 5) is 17.0. The van der Waals surface area contributed by atoms with E-state index in [4.69, 9.17) is 14.3 Å². The van der Waals surface area contributed by atoms with Gasteiger partial charge in [-0.3, -0.25) is 4.79 Å². The van der Waals surface area contributed by atoms with Crippen molar-refractivity contribution in [3.8, 4) is 5.75 Å². The predicted molar refractivity (Wildman–Crippen MR) is 90.0 cm³/mol. The van der Waals surface area contributed by atoms with Crippen molar-refractivity contribution in [2.75, 3.05) is 13.2 Å². The summed E-state index contributed by atoms with van der Waals surface area (Å²) in [6.45, 7) is 0.568. The van der Waals surface area contributed by atoms with Gasteiger partial charge in [0.1, 0.15) is 5.75 Å². The van der Waals surface area contributed by atoms with Crippen molar-refractivity contribution in [3.63, 3.8) is 0 Å². The molecule has 0 bridgehead atoms. The van der Waals surface area contributed by atoms with Crippen LogP contribution in [0, 0.1) is 0 Å². The summed E-state index contributed by atoms with van der Waals surface area (Å²) in [6.07, 6.45) is 2.52. The van der Waals surface area contributed by atoms with Gasteiger partial charge in [-0.1, -0.05) is 28.1 Å². The molecule has 1 heterocycles. The average Bonchev–Trinajstić information content (AvgIpc) is 2.59. The van der Waals surface area contributed by atoms with Crippen molar-refractivity contribution in [2.45, 2.75) is 25.6 Å². The SMILES string of the molecule is O=C(COc1ccc2cc(Br)ccc2c1)NOC1CCCCO1. The molecule has 1 fully saturated rings. The fourth-order valence-electron chi connectivity index (χ4n) is 2.40. The van der Waals surface area contributed by atoms with Crippen LogP contribution >= 0.6 is 15.9 Å². The van der Waals surface area contributed by atoms with Gasteiger partial charge < -0.3 is 9.47 Å². The average molecular weight is 380 g/mol. The molecule has 1 atom stereocenters. The van der Waals surface area contributed by atoms with Gasteiger partial charge in [-0.25, -0.2) is 10.3 Å². The number of benzene rings is 2. The lowest BCUT2D eigenvalue weighted by atomic mass is 10.1. The number of ether oxygens (including phenoxy) is 2. The summed E-state index contributed by atoms with van der Waals surface area (Å²) >= 11 is 3.44. The number of rotatable bonds is 5. The molecule has 122 valence electrons. The smallest absolute Gasteiger partial charge is 0.281 e. The zero-order valence-electron chi connectivity index (χ0n) is 12.6. The molecule has 0 aliphatic carbocycles. The first-order valence-electron chi connectivity index (χ1n) is 7.59. The second-order valence-electron chi connectivity index (χ2n) is 5.38. The minimum absolute atomic E-state index is 0.102. The minimum Gasteiger partial charge on any atom is -0.484 e. The van der Waals surface area contributed by atoms with Crippen LogP contribution in [0.25, 0.3) is 10.8 Å². The maximum Gasteiger partial charge on any atom is 0.281 e. The van der Waals surface area contributed by atoms with Gasteiger partial charge in [-0.2, -0.15) is 0 Å². The first kappa shape index (κ1) is 16.2. The number of fused-ring (bicyclic) bond motifs is 1. The molecule has 1 aliphatic heterocycles. The Morgan fingerprint density at radius 1 is 1.22 bits per heavy atom. The van der Waals surface area contributed by atoms with Crippen molar-refractivity contribution < 1.29 is 19.1 Å². The lowest BCUT2D eigenvalue weighted by molar-refractivity contribution is -0.201. The normalized spacial score (nSPS) is 17.9. The van der Waals surface area contributed by atoms with Crippen molar-refractivity contribution in [2.24, 2.45) is 0 Å². The summed E-state index contributed by atoms with van der Waals surface area (Å²) in [5, 5.41) is 2.16. The van der Waals surface area contributed by atoms with Crippen LogP contribution in [-0.4, -0.2) is 25.4 Å². The van der Waals surface area contributed by atoms with E-state index in [-0.39, 0.29) is 18.8 Å². The predicted octanol–water partition coefficient (Wildman–Crippen LogP) is 3.56. The van der Waals surface area contributed by atoms with E-state index in [9.17, 15) is 4.79 Å². The second-order valence-corrected chi connectivity index (χ2v) is 6.30. The van der Waals surface area contributed by atoms with Crippen LogP contribution in [0.2, 0.25) is 0 Å². The number of hydrogen-bond acceptors (Lipinski definition) is 4.